The Kier molecular flexibility index (Phi) is 3.91. The van der Waals surface area contributed by atoms with E-state index in [1.165, 1.54) is 12.3 Å². The average Bonchev–Trinajstić information content (AvgIpc) is 2.66. The summed E-state index contributed by atoms with van der Waals surface area (Å²) in [4.78, 5) is 25.0. The number of halogens is 1. The minimum atomic E-state index is -1.32. The van der Waals surface area contributed by atoms with Crippen LogP contribution in [0.15, 0.2) is 33.5 Å². The normalized spacial score (nSPS) is 31.1. The minimum absolute atomic E-state index is 0.0351. The molecular weight excluding hydrogens is 276 g/mol. The quantitative estimate of drug-likeness (QED) is 0.667. The van der Waals surface area contributed by atoms with Gasteiger partial charge in [-0.3, -0.25) is 14.3 Å². The monoisotopic (exact) mass is 288 g/mol. The summed E-state index contributed by atoms with van der Waals surface area (Å²) in [7, 11) is 0. The number of hydrogen-bond donors (Lipinski definition) is 3. The van der Waals surface area contributed by atoms with E-state index in [2.05, 4.69) is 4.98 Å². The van der Waals surface area contributed by atoms with Crippen molar-refractivity contribution in [3.05, 3.63) is 44.7 Å². The number of aliphatic hydroxyl groups excluding tert-OH is 2. The first kappa shape index (κ1) is 14.0. The van der Waals surface area contributed by atoms with Crippen molar-refractivity contribution >= 4 is 11.6 Å². The second kappa shape index (κ2) is 5.30. The van der Waals surface area contributed by atoms with Crippen LogP contribution in [-0.2, 0) is 10.5 Å². The molecule has 0 amide bonds. The summed E-state index contributed by atoms with van der Waals surface area (Å²) >= 11 is 5.55. The summed E-state index contributed by atoms with van der Waals surface area (Å²) in [6.45, 7) is -0.392. The van der Waals surface area contributed by atoms with Crippen molar-refractivity contribution in [2.75, 3.05) is 6.61 Å². The molecule has 1 saturated heterocycles. The molecule has 3 atom stereocenters. The maximum atomic E-state index is 11.8. The Balaban J connectivity index is 2.52. The van der Waals surface area contributed by atoms with Crippen molar-refractivity contribution in [2.45, 2.75) is 24.4 Å². The zero-order chi connectivity index (χ0) is 14.0. The molecule has 7 nitrogen and oxygen atoms in total. The molecule has 0 unspecified atom stereocenters. The van der Waals surface area contributed by atoms with Gasteiger partial charge in [-0.2, -0.15) is 0 Å². The lowest BCUT2D eigenvalue weighted by molar-refractivity contribution is -0.0893. The molecule has 1 aromatic rings. The SMILES string of the molecule is O=c1ccn([C@@]2(C=CCl)C[C@H](O)[C@@H](CO)O2)c(=O)[nH]1. The van der Waals surface area contributed by atoms with Gasteiger partial charge >= 0.3 is 5.69 Å². The maximum Gasteiger partial charge on any atom is 0.330 e. The Bertz CT molecular complexity index is 595. The standard InChI is InChI=1S/C11H13ClN2O5/c12-3-2-11(5-7(16)8(6-15)19-11)14-4-1-9(17)13-10(14)18/h1-4,7-8,15-16H,5-6H2,(H,13,17,18)/t7-,8+,11+/m0/s1. The summed E-state index contributed by atoms with van der Waals surface area (Å²) in [5, 5.41) is 18.9. The highest BCUT2D eigenvalue weighted by Gasteiger charge is 2.46. The lowest BCUT2D eigenvalue weighted by atomic mass is 10.1. The van der Waals surface area contributed by atoms with Crippen LogP contribution in [0.1, 0.15) is 6.42 Å². The summed E-state index contributed by atoms with van der Waals surface area (Å²) in [5.41, 5.74) is -1.39. The van der Waals surface area contributed by atoms with Gasteiger partial charge in [0.15, 0.2) is 5.72 Å². The number of hydrogen-bond acceptors (Lipinski definition) is 5. The topological polar surface area (TPSA) is 105 Å². The van der Waals surface area contributed by atoms with Crippen molar-refractivity contribution in [3.8, 4) is 0 Å². The van der Waals surface area contributed by atoms with Gasteiger partial charge in [0.1, 0.15) is 6.10 Å². The number of H-pyrrole nitrogens is 1. The third kappa shape index (κ3) is 2.50. The number of aliphatic hydroxyl groups is 2. The lowest BCUT2D eigenvalue weighted by Gasteiger charge is -2.27. The van der Waals surface area contributed by atoms with E-state index in [0.717, 1.165) is 16.2 Å². The highest BCUT2D eigenvalue weighted by molar-refractivity contribution is 6.25. The fourth-order valence-electron chi connectivity index (χ4n) is 2.14. The van der Waals surface area contributed by atoms with E-state index in [9.17, 15) is 14.7 Å². The molecule has 1 aliphatic rings. The smallest absolute Gasteiger partial charge is 0.330 e. The van der Waals surface area contributed by atoms with Gasteiger partial charge in [0.2, 0.25) is 0 Å². The largest absolute Gasteiger partial charge is 0.394 e. The third-order valence-electron chi connectivity index (χ3n) is 3.02. The first-order valence-corrected chi connectivity index (χ1v) is 6.03. The summed E-state index contributed by atoms with van der Waals surface area (Å²) < 4.78 is 6.64. The van der Waals surface area contributed by atoms with E-state index in [4.69, 9.17) is 21.4 Å². The highest BCUT2D eigenvalue weighted by atomic mass is 35.5. The van der Waals surface area contributed by atoms with Crippen LogP contribution >= 0.6 is 11.6 Å². The Hall–Kier alpha value is -1.41. The van der Waals surface area contributed by atoms with Crippen LogP contribution < -0.4 is 11.2 Å². The fraction of sp³-hybridized carbons (Fsp3) is 0.455. The first-order chi connectivity index (χ1) is 9.02. The van der Waals surface area contributed by atoms with Crippen molar-refractivity contribution in [1.82, 2.24) is 9.55 Å². The van der Waals surface area contributed by atoms with Crippen molar-refractivity contribution in [3.63, 3.8) is 0 Å². The van der Waals surface area contributed by atoms with Gasteiger partial charge in [-0.15, -0.1) is 0 Å². The van der Waals surface area contributed by atoms with Gasteiger partial charge in [-0.05, 0) is 6.08 Å². The molecule has 19 heavy (non-hydrogen) atoms. The van der Waals surface area contributed by atoms with Crippen LogP contribution in [0.2, 0.25) is 0 Å². The van der Waals surface area contributed by atoms with Crippen molar-refractivity contribution in [2.24, 2.45) is 0 Å². The van der Waals surface area contributed by atoms with Crippen LogP contribution in [0.3, 0.4) is 0 Å². The molecule has 8 heteroatoms. The van der Waals surface area contributed by atoms with Crippen LogP contribution in [0.25, 0.3) is 0 Å². The predicted molar refractivity (Wildman–Crippen MR) is 66.9 cm³/mol. The Morgan fingerprint density at radius 3 is 2.89 bits per heavy atom. The summed E-state index contributed by atoms with van der Waals surface area (Å²) in [6, 6.07) is 1.16. The lowest BCUT2D eigenvalue weighted by Crippen LogP contribution is -2.42. The third-order valence-corrected chi connectivity index (χ3v) is 3.15. The molecule has 104 valence electrons. The summed E-state index contributed by atoms with van der Waals surface area (Å²) in [5.74, 6) is 0. The number of aromatic amines is 1. The molecule has 1 aliphatic heterocycles. The van der Waals surface area contributed by atoms with Crippen molar-refractivity contribution < 1.29 is 14.9 Å². The van der Waals surface area contributed by atoms with Gasteiger partial charge < -0.3 is 14.9 Å². The average molecular weight is 289 g/mol. The number of aromatic nitrogens is 2. The minimum Gasteiger partial charge on any atom is -0.394 e. The molecular formula is C11H13ClN2O5. The predicted octanol–water partition coefficient (Wildman–Crippen LogP) is -0.916. The molecule has 0 bridgehead atoms. The van der Waals surface area contributed by atoms with Crippen LogP contribution in [0.4, 0.5) is 0 Å². The number of ether oxygens (including phenoxy) is 1. The van der Waals surface area contributed by atoms with E-state index in [0.29, 0.717) is 0 Å². The molecule has 3 N–H and O–H groups in total. The zero-order valence-corrected chi connectivity index (χ0v) is 10.6. The zero-order valence-electron chi connectivity index (χ0n) is 9.82. The molecule has 1 aromatic heterocycles. The molecule has 1 fully saturated rings. The highest BCUT2D eigenvalue weighted by Crippen LogP contribution is 2.35. The molecule has 0 aliphatic carbocycles. The molecule has 0 saturated carbocycles. The van der Waals surface area contributed by atoms with E-state index in [1.807, 2.05) is 0 Å². The van der Waals surface area contributed by atoms with E-state index < -0.39 is 35.8 Å². The van der Waals surface area contributed by atoms with Crippen LogP contribution in [0.5, 0.6) is 0 Å². The van der Waals surface area contributed by atoms with Gasteiger partial charge in [0.05, 0.1) is 12.7 Å². The van der Waals surface area contributed by atoms with Gasteiger partial charge in [0, 0.05) is 24.2 Å². The summed E-state index contributed by atoms with van der Waals surface area (Å²) in [6.07, 6.45) is 0.897. The molecule has 0 aromatic carbocycles. The van der Waals surface area contributed by atoms with E-state index in [1.54, 1.807) is 0 Å². The molecule has 0 spiro atoms. The van der Waals surface area contributed by atoms with Crippen LogP contribution in [-0.4, -0.2) is 38.6 Å². The Labute approximate surface area is 112 Å². The van der Waals surface area contributed by atoms with Crippen LogP contribution in [0, 0.1) is 0 Å². The second-order valence-corrected chi connectivity index (χ2v) is 4.48. The fourth-order valence-corrected chi connectivity index (χ4v) is 2.33. The number of nitrogens with zero attached hydrogens (tertiary/aromatic N) is 1. The number of rotatable bonds is 3. The Morgan fingerprint density at radius 2 is 2.37 bits per heavy atom. The number of nitrogens with one attached hydrogen (secondary N) is 1. The first-order valence-electron chi connectivity index (χ1n) is 5.59. The maximum absolute atomic E-state index is 11.8. The second-order valence-electron chi connectivity index (χ2n) is 4.23. The molecule has 2 heterocycles. The molecule has 0 radical (unpaired) electrons. The van der Waals surface area contributed by atoms with E-state index >= 15 is 0 Å². The Morgan fingerprint density at radius 1 is 1.63 bits per heavy atom. The van der Waals surface area contributed by atoms with Gasteiger partial charge in [-0.25, -0.2) is 4.79 Å². The van der Waals surface area contributed by atoms with Gasteiger partial charge in [0.25, 0.3) is 5.56 Å². The van der Waals surface area contributed by atoms with Gasteiger partial charge in [-0.1, -0.05) is 11.6 Å². The van der Waals surface area contributed by atoms with Crippen molar-refractivity contribution in [1.29, 1.82) is 0 Å². The molecule has 2 rings (SSSR count). The van der Waals surface area contributed by atoms with E-state index in [-0.39, 0.29) is 6.42 Å².